The normalized spacial score (nSPS) is 12.5. The molecule has 10 nitrogen and oxygen atoms in total. The average Bonchev–Trinajstić information content (AvgIpc) is 2.74. The standard InChI is InChI=1S/C22H28N4O6S2.ClH/c1-33(28,29)25-17-5-8-21(9-6-17)32-15-20(27)11-12-23-14-19-4-3-16-13-18(26-34(2,30)31)7-10-22(16)24-19;/h3-10,13,20,23,25-27H,11-12,14-15H2,1-2H3;1H. The van der Waals surface area contributed by atoms with Crippen LogP contribution < -0.4 is 19.5 Å². The average molecular weight is 545 g/mol. The molecule has 0 aliphatic rings. The summed E-state index contributed by atoms with van der Waals surface area (Å²) in [5.74, 6) is 0.529. The van der Waals surface area contributed by atoms with Crippen molar-refractivity contribution in [2.75, 3.05) is 35.1 Å². The summed E-state index contributed by atoms with van der Waals surface area (Å²) in [6.45, 7) is 1.18. The highest BCUT2D eigenvalue weighted by Gasteiger charge is 2.08. The quantitative estimate of drug-likeness (QED) is 0.254. The molecule has 13 heteroatoms. The van der Waals surface area contributed by atoms with Crippen molar-refractivity contribution in [1.29, 1.82) is 0 Å². The highest BCUT2D eigenvalue weighted by atomic mass is 35.5. The van der Waals surface area contributed by atoms with Crippen LogP contribution in [0.1, 0.15) is 12.1 Å². The molecule has 4 N–H and O–H groups in total. The molecule has 0 fully saturated rings. The number of fused-ring (bicyclic) bond motifs is 1. The van der Waals surface area contributed by atoms with E-state index in [0.717, 1.165) is 29.1 Å². The van der Waals surface area contributed by atoms with Crippen molar-refractivity contribution in [3.8, 4) is 5.75 Å². The fraction of sp³-hybridized carbons (Fsp3) is 0.318. The van der Waals surface area contributed by atoms with Crippen molar-refractivity contribution in [2.24, 2.45) is 0 Å². The predicted molar refractivity (Wildman–Crippen MR) is 140 cm³/mol. The first-order chi connectivity index (χ1) is 16.0. The molecule has 2 aromatic carbocycles. The zero-order valence-electron chi connectivity index (χ0n) is 19.3. The van der Waals surface area contributed by atoms with E-state index >= 15 is 0 Å². The van der Waals surface area contributed by atoms with E-state index in [1.54, 1.807) is 42.5 Å². The van der Waals surface area contributed by atoms with E-state index < -0.39 is 26.2 Å². The third kappa shape index (κ3) is 10.2. The van der Waals surface area contributed by atoms with Gasteiger partial charge in [-0.1, -0.05) is 6.07 Å². The minimum atomic E-state index is -3.34. The number of nitrogens with zero attached hydrogens (tertiary/aromatic N) is 1. The van der Waals surface area contributed by atoms with E-state index in [9.17, 15) is 21.9 Å². The second-order valence-corrected chi connectivity index (χ2v) is 11.4. The Labute approximate surface area is 211 Å². The van der Waals surface area contributed by atoms with Crippen LogP contribution in [0, 0.1) is 0 Å². The number of hydrogen-bond donors (Lipinski definition) is 4. The number of rotatable bonds is 12. The van der Waals surface area contributed by atoms with E-state index in [1.165, 1.54) is 0 Å². The van der Waals surface area contributed by atoms with Crippen molar-refractivity contribution < 1.29 is 26.7 Å². The summed E-state index contributed by atoms with van der Waals surface area (Å²) < 4.78 is 55.5. The van der Waals surface area contributed by atoms with Gasteiger partial charge in [-0.3, -0.25) is 14.4 Å². The zero-order chi connectivity index (χ0) is 24.8. The second-order valence-electron chi connectivity index (χ2n) is 7.91. The Morgan fingerprint density at radius 1 is 0.914 bits per heavy atom. The summed E-state index contributed by atoms with van der Waals surface area (Å²) in [5.41, 5.74) is 2.50. The maximum atomic E-state index is 11.4. The van der Waals surface area contributed by atoms with Crippen LogP contribution in [0.5, 0.6) is 5.75 Å². The summed E-state index contributed by atoms with van der Waals surface area (Å²) in [7, 11) is -6.67. The molecule has 3 aromatic rings. The van der Waals surface area contributed by atoms with E-state index in [4.69, 9.17) is 4.74 Å². The lowest BCUT2D eigenvalue weighted by molar-refractivity contribution is 0.0998. The summed E-state index contributed by atoms with van der Waals surface area (Å²) in [4.78, 5) is 4.56. The van der Waals surface area contributed by atoms with Crippen LogP contribution in [0.4, 0.5) is 11.4 Å². The van der Waals surface area contributed by atoms with E-state index in [0.29, 0.717) is 36.6 Å². The van der Waals surface area contributed by atoms with Crippen LogP contribution in [0.25, 0.3) is 10.9 Å². The first-order valence-electron chi connectivity index (χ1n) is 10.4. The molecule has 0 amide bonds. The lowest BCUT2D eigenvalue weighted by atomic mass is 10.2. The molecule has 0 aliphatic carbocycles. The summed E-state index contributed by atoms with van der Waals surface area (Å²) >= 11 is 0. The van der Waals surface area contributed by atoms with Crippen LogP contribution >= 0.6 is 12.4 Å². The first-order valence-corrected chi connectivity index (χ1v) is 14.2. The number of aliphatic hydroxyl groups excluding tert-OH is 1. The minimum absolute atomic E-state index is 0. The molecule has 0 aliphatic heterocycles. The molecule has 0 saturated heterocycles. The zero-order valence-corrected chi connectivity index (χ0v) is 21.7. The Kier molecular flexibility index (Phi) is 10.1. The topological polar surface area (TPSA) is 147 Å². The van der Waals surface area contributed by atoms with Gasteiger partial charge in [0.2, 0.25) is 20.0 Å². The monoisotopic (exact) mass is 544 g/mol. The van der Waals surface area contributed by atoms with Gasteiger partial charge >= 0.3 is 0 Å². The molecule has 0 saturated carbocycles. The molecule has 0 spiro atoms. The molecule has 192 valence electrons. The highest BCUT2D eigenvalue weighted by Crippen LogP contribution is 2.19. The number of benzene rings is 2. The lowest BCUT2D eigenvalue weighted by Crippen LogP contribution is -2.24. The van der Waals surface area contributed by atoms with Gasteiger partial charge in [-0.15, -0.1) is 12.4 Å². The van der Waals surface area contributed by atoms with Gasteiger partial charge in [0, 0.05) is 23.3 Å². The number of hydrogen-bond acceptors (Lipinski definition) is 8. The molecule has 1 aromatic heterocycles. The fourth-order valence-electron chi connectivity index (χ4n) is 3.14. The van der Waals surface area contributed by atoms with Crippen molar-refractivity contribution >= 4 is 54.7 Å². The van der Waals surface area contributed by atoms with Crippen LogP contribution in [0.15, 0.2) is 54.6 Å². The van der Waals surface area contributed by atoms with Gasteiger partial charge in [0.1, 0.15) is 12.4 Å². The third-order valence-electron chi connectivity index (χ3n) is 4.61. The Morgan fingerprint density at radius 3 is 2.20 bits per heavy atom. The predicted octanol–water partition coefficient (Wildman–Crippen LogP) is 2.32. The minimum Gasteiger partial charge on any atom is -0.491 e. The number of ether oxygens (including phenoxy) is 1. The third-order valence-corrected chi connectivity index (χ3v) is 5.82. The Morgan fingerprint density at radius 2 is 1.54 bits per heavy atom. The fourth-order valence-corrected chi connectivity index (χ4v) is 4.26. The van der Waals surface area contributed by atoms with Gasteiger partial charge in [-0.25, -0.2) is 16.8 Å². The van der Waals surface area contributed by atoms with Gasteiger partial charge in [0.05, 0.1) is 29.8 Å². The summed E-state index contributed by atoms with van der Waals surface area (Å²) in [6, 6.07) is 15.3. The van der Waals surface area contributed by atoms with Crippen LogP contribution in [0.2, 0.25) is 0 Å². The molecule has 0 bridgehead atoms. The molecule has 1 atom stereocenters. The van der Waals surface area contributed by atoms with Gasteiger partial charge in [-0.05, 0) is 61.5 Å². The van der Waals surface area contributed by atoms with E-state index in [2.05, 4.69) is 19.7 Å². The van der Waals surface area contributed by atoms with Gasteiger partial charge in [0.25, 0.3) is 0 Å². The molecule has 1 heterocycles. The Hall–Kier alpha value is -2.64. The maximum absolute atomic E-state index is 11.4. The van der Waals surface area contributed by atoms with E-state index in [1.807, 2.05) is 12.1 Å². The highest BCUT2D eigenvalue weighted by molar-refractivity contribution is 7.92. The Balaban J connectivity index is 0.00000432. The van der Waals surface area contributed by atoms with Gasteiger partial charge in [-0.2, -0.15) is 0 Å². The SMILES string of the molecule is CS(=O)(=O)Nc1ccc(OCC(O)CCNCc2ccc3cc(NS(C)(=O)=O)ccc3n2)cc1.Cl. The second kappa shape index (κ2) is 12.4. The van der Waals surface area contributed by atoms with Crippen LogP contribution in [-0.2, 0) is 26.6 Å². The smallest absolute Gasteiger partial charge is 0.229 e. The number of nitrogens with one attached hydrogen (secondary N) is 3. The lowest BCUT2D eigenvalue weighted by Gasteiger charge is -2.13. The number of aliphatic hydroxyl groups is 1. The number of halogens is 1. The van der Waals surface area contributed by atoms with Crippen molar-refractivity contribution in [3.05, 3.63) is 60.3 Å². The molecule has 3 rings (SSSR count). The first kappa shape index (κ1) is 28.6. The van der Waals surface area contributed by atoms with E-state index in [-0.39, 0.29) is 19.0 Å². The molecule has 35 heavy (non-hydrogen) atoms. The van der Waals surface area contributed by atoms with Crippen LogP contribution in [0.3, 0.4) is 0 Å². The molecule has 0 radical (unpaired) electrons. The number of anilines is 2. The van der Waals surface area contributed by atoms with Gasteiger partial charge in [0.15, 0.2) is 0 Å². The van der Waals surface area contributed by atoms with Crippen molar-refractivity contribution in [3.63, 3.8) is 0 Å². The molecule has 1 unspecified atom stereocenters. The largest absolute Gasteiger partial charge is 0.491 e. The number of aromatic nitrogens is 1. The number of sulfonamides is 2. The summed E-state index contributed by atoms with van der Waals surface area (Å²) in [5, 5.41) is 14.2. The van der Waals surface area contributed by atoms with Crippen molar-refractivity contribution in [1.82, 2.24) is 10.3 Å². The number of pyridine rings is 1. The molecular formula is C22H29ClN4O6S2. The summed E-state index contributed by atoms with van der Waals surface area (Å²) in [6.07, 6.45) is 1.98. The maximum Gasteiger partial charge on any atom is 0.229 e. The van der Waals surface area contributed by atoms with Gasteiger partial charge < -0.3 is 15.2 Å². The molecular weight excluding hydrogens is 516 g/mol. The Bertz CT molecular complexity index is 1340. The van der Waals surface area contributed by atoms with Crippen LogP contribution in [-0.4, -0.2) is 58.7 Å². The van der Waals surface area contributed by atoms with Crippen molar-refractivity contribution in [2.45, 2.75) is 19.1 Å².